The van der Waals surface area contributed by atoms with E-state index in [-0.39, 0.29) is 0 Å². The fraction of sp³-hybridized carbons (Fsp3) is 0.526. The molecule has 0 amide bonds. The maximum Gasteiger partial charge on any atom is 0.119 e. The molecule has 3 rings (SSSR count). The molecule has 1 aliphatic carbocycles. The van der Waals surface area contributed by atoms with Crippen molar-refractivity contribution in [2.24, 2.45) is 0 Å². The highest BCUT2D eigenvalue weighted by Crippen LogP contribution is 2.26. The standard InChI is InChI=1S/C19H27N3O/c1-5-22-14(3)19(13(2)21-22)12-20-17-8-6-15-7-9-18(23-4)11-16(15)10-17/h7,9,11,17,20H,5-6,8,10,12H2,1-4H3/t17-/m1/s1. The van der Waals surface area contributed by atoms with E-state index in [2.05, 4.69) is 54.1 Å². The van der Waals surface area contributed by atoms with Crippen molar-refractivity contribution in [1.29, 1.82) is 0 Å². The van der Waals surface area contributed by atoms with Gasteiger partial charge in [-0.2, -0.15) is 5.10 Å². The Kier molecular flexibility index (Phi) is 4.71. The van der Waals surface area contributed by atoms with Crippen LogP contribution in [0.4, 0.5) is 0 Å². The number of rotatable bonds is 5. The van der Waals surface area contributed by atoms with Crippen LogP contribution in [0.3, 0.4) is 0 Å². The summed E-state index contributed by atoms with van der Waals surface area (Å²) in [5.74, 6) is 0.959. The molecule has 0 aliphatic heterocycles. The third-order valence-electron chi connectivity index (χ3n) is 5.04. The van der Waals surface area contributed by atoms with Gasteiger partial charge in [0.05, 0.1) is 12.8 Å². The summed E-state index contributed by atoms with van der Waals surface area (Å²) in [6, 6.07) is 7.00. The Hall–Kier alpha value is -1.81. The van der Waals surface area contributed by atoms with Gasteiger partial charge in [-0.25, -0.2) is 0 Å². The second-order valence-electron chi connectivity index (χ2n) is 6.42. The predicted molar refractivity (Wildman–Crippen MR) is 93.0 cm³/mol. The Morgan fingerprint density at radius 1 is 1.30 bits per heavy atom. The Labute approximate surface area is 138 Å². The molecule has 1 N–H and O–H groups in total. The number of benzene rings is 1. The first-order valence-corrected chi connectivity index (χ1v) is 8.54. The quantitative estimate of drug-likeness (QED) is 0.921. The number of nitrogens with one attached hydrogen (secondary N) is 1. The van der Waals surface area contributed by atoms with Crippen LogP contribution in [-0.2, 0) is 25.9 Å². The molecule has 4 heteroatoms. The minimum Gasteiger partial charge on any atom is -0.497 e. The summed E-state index contributed by atoms with van der Waals surface area (Å²) < 4.78 is 7.45. The number of methoxy groups -OCH3 is 1. The van der Waals surface area contributed by atoms with E-state index in [1.165, 1.54) is 28.8 Å². The van der Waals surface area contributed by atoms with Crippen LogP contribution in [0.1, 0.15) is 41.4 Å². The maximum atomic E-state index is 5.36. The van der Waals surface area contributed by atoms with Crippen LogP contribution in [0.2, 0.25) is 0 Å². The zero-order chi connectivity index (χ0) is 16.4. The summed E-state index contributed by atoms with van der Waals surface area (Å²) in [4.78, 5) is 0. The lowest BCUT2D eigenvalue weighted by Crippen LogP contribution is -2.34. The van der Waals surface area contributed by atoms with E-state index >= 15 is 0 Å². The van der Waals surface area contributed by atoms with Crippen LogP contribution in [0.5, 0.6) is 5.75 Å². The first-order chi connectivity index (χ1) is 11.1. The molecule has 0 fully saturated rings. The van der Waals surface area contributed by atoms with Crippen molar-refractivity contribution in [2.45, 2.75) is 59.2 Å². The molecule has 23 heavy (non-hydrogen) atoms. The van der Waals surface area contributed by atoms with Crippen LogP contribution in [0.25, 0.3) is 0 Å². The molecule has 0 spiro atoms. The van der Waals surface area contributed by atoms with Gasteiger partial charge in [0.25, 0.3) is 0 Å². The molecule has 4 nitrogen and oxygen atoms in total. The lowest BCUT2D eigenvalue weighted by atomic mass is 9.88. The molecule has 0 bridgehead atoms. The molecule has 1 heterocycles. The number of hydrogen-bond acceptors (Lipinski definition) is 3. The van der Waals surface area contributed by atoms with Crippen molar-refractivity contribution in [3.05, 3.63) is 46.3 Å². The minimum absolute atomic E-state index is 0.526. The van der Waals surface area contributed by atoms with Gasteiger partial charge in [0, 0.05) is 30.4 Å². The van der Waals surface area contributed by atoms with Gasteiger partial charge < -0.3 is 10.1 Å². The number of aryl methyl sites for hydroxylation is 3. The van der Waals surface area contributed by atoms with Crippen molar-refractivity contribution in [2.75, 3.05) is 7.11 Å². The van der Waals surface area contributed by atoms with Gasteiger partial charge in [0.2, 0.25) is 0 Å². The number of nitrogens with zero attached hydrogens (tertiary/aromatic N) is 2. The van der Waals surface area contributed by atoms with E-state index in [1.807, 2.05) is 0 Å². The van der Waals surface area contributed by atoms with Gasteiger partial charge in [-0.05, 0) is 63.3 Å². The van der Waals surface area contributed by atoms with Crippen LogP contribution in [-0.4, -0.2) is 22.9 Å². The van der Waals surface area contributed by atoms with E-state index in [0.29, 0.717) is 6.04 Å². The largest absolute Gasteiger partial charge is 0.497 e. The minimum atomic E-state index is 0.526. The maximum absolute atomic E-state index is 5.36. The SMILES string of the molecule is CCn1nc(C)c(CN[C@@H]2CCc3ccc(OC)cc3C2)c1C. The average Bonchev–Trinajstić information content (AvgIpc) is 2.85. The molecular weight excluding hydrogens is 286 g/mol. The summed E-state index contributed by atoms with van der Waals surface area (Å²) >= 11 is 0. The molecule has 1 aromatic carbocycles. The molecule has 0 saturated heterocycles. The average molecular weight is 313 g/mol. The van der Waals surface area contributed by atoms with Crippen molar-refractivity contribution in [3.8, 4) is 5.75 Å². The van der Waals surface area contributed by atoms with Crippen molar-refractivity contribution in [3.63, 3.8) is 0 Å². The van der Waals surface area contributed by atoms with E-state index in [1.54, 1.807) is 7.11 Å². The van der Waals surface area contributed by atoms with E-state index < -0.39 is 0 Å². The van der Waals surface area contributed by atoms with E-state index in [9.17, 15) is 0 Å². The Bertz CT molecular complexity index is 690. The number of fused-ring (bicyclic) bond motifs is 1. The first-order valence-electron chi connectivity index (χ1n) is 8.54. The molecule has 1 aliphatic rings. The van der Waals surface area contributed by atoms with Crippen LogP contribution < -0.4 is 10.1 Å². The third-order valence-corrected chi connectivity index (χ3v) is 5.04. The second kappa shape index (κ2) is 6.75. The summed E-state index contributed by atoms with van der Waals surface area (Å²) in [5, 5.41) is 8.35. The monoisotopic (exact) mass is 313 g/mol. The number of hydrogen-bond donors (Lipinski definition) is 1. The highest BCUT2D eigenvalue weighted by molar-refractivity contribution is 5.38. The molecule has 124 valence electrons. The van der Waals surface area contributed by atoms with Gasteiger partial charge in [-0.15, -0.1) is 0 Å². The Morgan fingerprint density at radius 2 is 2.13 bits per heavy atom. The molecule has 2 aromatic rings. The number of ether oxygens (including phenoxy) is 1. The van der Waals surface area contributed by atoms with Crippen molar-refractivity contribution < 1.29 is 4.74 Å². The van der Waals surface area contributed by atoms with Crippen molar-refractivity contribution >= 4 is 0 Å². The topological polar surface area (TPSA) is 39.1 Å². The lowest BCUT2D eigenvalue weighted by molar-refractivity contribution is 0.411. The summed E-state index contributed by atoms with van der Waals surface area (Å²) in [6.07, 6.45) is 3.41. The Balaban J connectivity index is 1.67. The third kappa shape index (κ3) is 3.27. The molecule has 1 atom stereocenters. The molecule has 0 saturated carbocycles. The smallest absolute Gasteiger partial charge is 0.119 e. The second-order valence-corrected chi connectivity index (χ2v) is 6.42. The summed E-state index contributed by atoms with van der Waals surface area (Å²) in [5.41, 5.74) is 6.68. The van der Waals surface area contributed by atoms with Gasteiger partial charge >= 0.3 is 0 Å². The fourth-order valence-electron chi connectivity index (χ4n) is 3.58. The van der Waals surface area contributed by atoms with Gasteiger partial charge in [-0.3, -0.25) is 4.68 Å². The van der Waals surface area contributed by atoms with Crippen LogP contribution in [0, 0.1) is 13.8 Å². The Morgan fingerprint density at radius 3 is 2.83 bits per heavy atom. The summed E-state index contributed by atoms with van der Waals surface area (Å²) in [6.45, 7) is 8.26. The zero-order valence-corrected chi connectivity index (χ0v) is 14.6. The molecule has 0 radical (unpaired) electrons. The normalized spacial score (nSPS) is 17.1. The highest BCUT2D eigenvalue weighted by atomic mass is 16.5. The zero-order valence-electron chi connectivity index (χ0n) is 14.6. The van der Waals surface area contributed by atoms with Crippen molar-refractivity contribution in [1.82, 2.24) is 15.1 Å². The van der Waals surface area contributed by atoms with Crippen LogP contribution in [0.15, 0.2) is 18.2 Å². The van der Waals surface area contributed by atoms with E-state index in [4.69, 9.17) is 4.74 Å². The van der Waals surface area contributed by atoms with Gasteiger partial charge in [0.15, 0.2) is 0 Å². The molecular formula is C19H27N3O. The van der Waals surface area contributed by atoms with Crippen LogP contribution >= 0.6 is 0 Å². The lowest BCUT2D eigenvalue weighted by Gasteiger charge is -2.26. The van der Waals surface area contributed by atoms with Gasteiger partial charge in [0.1, 0.15) is 5.75 Å². The predicted octanol–water partition coefficient (Wildman–Crippen LogP) is 3.18. The van der Waals surface area contributed by atoms with E-state index in [0.717, 1.165) is 37.4 Å². The number of aromatic nitrogens is 2. The molecule has 1 aromatic heterocycles. The molecule has 0 unspecified atom stereocenters. The van der Waals surface area contributed by atoms with Gasteiger partial charge in [-0.1, -0.05) is 6.07 Å². The summed E-state index contributed by atoms with van der Waals surface area (Å²) in [7, 11) is 1.73. The highest BCUT2D eigenvalue weighted by Gasteiger charge is 2.20. The fourth-order valence-corrected chi connectivity index (χ4v) is 3.58. The first kappa shape index (κ1) is 16.1.